The van der Waals surface area contributed by atoms with Crippen molar-refractivity contribution in [3.63, 3.8) is 0 Å². The van der Waals surface area contributed by atoms with Crippen LogP contribution in [0.25, 0.3) is 0 Å². The topological polar surface area (TPSA) is 64.3 Å². The summed E-state index contributed by atoms with van der Waals surface area (Å²) in [5.74, 6) is 1.09. The van der Waals surface area contributed by atoms with Gasteiger partial charge in [-0.05, 0) is 55.2 Å². The summed E-state index contributed by atoms with van der Waals surface area (Å²) in [6.45, 7) is 1.95. The summed E-state index contributed by atoms with van der Waals surface area (Å²) in [7, 11) is 0. The normalized spacial score (nSPS) is 17.1. The zero-order valence-electron chi connectivity index (χ0n) is 12.4. The molecular weight excluding hydrogens is 335 g/mol. The van der Waals surface area contributed by atoms with Crippen molar-refractivity contribution in [1.29, 1.82) is 0 Å². The lowest BCUT2D eigenvalue weighted by molar-refractivity contribution is -0.117. The van der Waals surface area contributed by atoms with Crippen molar-refractivity contribution in [2.24, 2.45) is 0 Å². The van der Waals surface area contributed by atoms with E-state index in [1.54, 1.807) is 12.1 Å². The van der Waals surface area contributed by atoms with E-state index in [0.29, 0.717) is 27.2 Å². The number of nitrogens with two attached hydrogens (primary N) is 1. The number of carbonyl (C=O) groups is 1. The Labute approximate surface area is 143 Å². The molecule has 118 valence electrons. The Morgan fingerprint density at radius 2 is 1.87 bits per heavy atom. The van der Waals surface area contributed by atoms with Crippen LogP contribution in [0.1, 0.15) is 24.0 Å². The number of ether oxygens (including phenoxy) is 1. The molecule has 0 bridgehead atoms. The lowest BCUT2D eigenvalue weighted by Gasteiger charge is -2.16. The van der Waals surface area contributed by atoms with E-state index in [1.807, 2.05) is 19.1 Å². The third-order valence-electron chi connectivity index (χ3n) is 4.56. The van der Waals surface area contributed by atoms with E-state index in [4.69, 9.17) is 33.7 Å². The van der Waals surface area contributed by atoms with Crippen LogP contribution in [0.4, 0.5) is 11.4 Å². The average Bonchev–Trinajstić information content (AvgIpc) is 3.20. The highest BCUT2D eigenvalue weighted by molar-refractivity contribution is 6.37. The van der Waals surface area contributed by atoms with Crippen molar-refractivity contribution >= 4 is 40.5 Å². The first-order chi connectivity index (χ1) is 10.9. The van der Waals surface area contributed by atoms with E-state index in [9.17, 15) is 4.79 Å². The summed E-state index contributed by atoms with van der Waals surface area (Å²) >= 11 is 12.4. The van der Waals surface area contributed by atoms with Gasteiger partial charge in [0.2, 0.25) is 5.91 Å². The highest BCUT2D eigenvalue weighted by atomic mass is 35.5. The van der Waals surface area contributed by atoms with E-state index in [1.165, 1.54) is 0 Å². The second-order valence-corrected chi connectivity index (χ2v) is 6.88. The maximum atomic E-state index is 12.2. The number of nitrogen functional groups attached to an aromatic ring is 1. The number of fused-ring (bicyclic) bond motifs is 2. The Balaban J connectivity index is 1.78. The molecule has 23 heavy (non-hydrogen) atoms. The van der Waals surface area contributed by atoms with Crippen molar-refractivity contribution < 1.29 is 9.53 Å². The largest absolute Gasteiger partial charge is 0.454 e. The molecule has 1 fully saturated rings. The fraction of sp³-hybridized carbons (Fsp3) is 0.235. The molecule has 6 heteroatoms. The minimum absolute atomic E-state index is 0.0799. The Hall–Kier alpha value is -1.91. The molecule has 3 N–H and O–H groups in total. The van der Waals surface area contributed by atoms with Gasteiger partial charge in [-0.3, -0.25) is 4.79 Å². The molecular formula is C17H14Cl2N2O2. The van der Waals surface area contributed by atoms with Gasteiger partial charge in [-0.25, -0.2) is 0 Å². The number of carbonyl (C=O) groups excluding carboxylic acids is 1. The zero-order chi connectivity index (χ0) is 16.4. The Bertz CT molecular complexity index is 837. The zero-order valence-corrected chi connectivity index (χ0v) is 13.9. The van der Waals surface area contributed by atoms with Gasteiger partial charge in [0.1, 0.15) is 5.75 Å². The Morgan fingerprint density at radius 3 is 2.48 bits per heavy atom. The van der Waals surface area contributed by atoms with Crippen molar-refractivity contribution in [3.05, 3.63) is 45.4 Å². The molecule has 1 aliphatic heterocycles. The van der Waals surface area contributed by atoms with Crippen LogP contribution in [0.15, 0.2) is 24.3 Å². The van der Waals surface area contributed by atoms with Gasteiger partial charge in [-0.1, -0.05) is 23.2 Å². The van der Waals surface area contributed by atoms with Crippen molar-refractivity contribution in [3.8, 4) is 11.5 Å². The first-order valence-electron chi connectivity index (χ1n) is 7.30. The molecule has 0 atom stereocenters. The smallest absolute Gasteiger partial charge is 0.235 e. The molecule has 1 spiro atoms. The van der Waals surface area contributed by atoms with Gasteiger partial charge in [0.05, 0.1) is 15.5 Å². The molecule has 4 rings (SSSR count). The summed E-state index contributed by atoms with van der Waals surface area (Å²) in [5, 5.41) is 3.65. The second kappa shape index (κ2) is 4.79. The molecule has 1 aliphatic carbocycles. The van der Waals surface area contributed by atoms with Crippen LogP contribution in [0, 0.1) is 6.92 Å². The van der Waals surface area contributed by atoms with Crippen LogP contribution in [0.5, 0.6) is 11.5 Å². The molecule has 1 heterocycles. The maximum absolute atomic E-state index is 12.2. The standard InChI is InChI=1S/C17H14Cl2N2O2/c1-8-13(23-15-10(18)6-9(20)7-11(15)19)3-2-12-14(8)17(4-5-17)16(22)21-12/h2-3,6-7H,4-5,20H2,1H3,(H,21,22). The quantitative estimate of drug-likeness (QED) is 0.775. The molecule has 1 saturated carbocycles. The molecule has 4 nitrogen and oxygen atoms in total. The van der Waals surface area contributed by atoms with Crippen molar-refractivity contribution in [2.45, 2.75) is 25.2 Å². The molecule has 1 amide bonds. The van der Waals surface area contributed by atoms with Crippen LogP contribution < -0.4 is 15.8 Å². The van der Waals surface area contributed by atoms with Gasteiger partial charge in [0, 0.05) is 11.4 Å². The van der Waals surface area contributed by atoms with E-state index in [-0.39, 0.29) is 11.3 Å². The first-order valence-corrected chi connectivity index (χ1v) is 8.06. The monoisotopic (exact) mass is 348 g/mol. The summed E-state index contributed by atoms with van der Waals surface area (Å²) in [6, 6.07) is 6.87. The summed E-state index contributed by atoms with van der Waals surface area (Å²) in [4.78, 5) is 12.2. The van der Waals surface area contributed by atoms with E-state index < -0.39 is 0 Å². The Kier molecular flexibility index (Phi) is 3.06. The molecule has 0 saturated heterocycles. The lowest BCUT2D eigenvalue weighted by atomic mass is 9.93. The molecule has 0 unspecified atom stereocenters. The molecule has 0 aromatic heterocycles. The first kappa shape index (κ1) is 14.7. The predicted octanol–water partition coefficient (Wildman–Crippen LogP) is 4.66. The van der Waals surface area contributed by atoms with Gasteiger partial charge >= 0.3 is 0 Å². The van der Waals surface area contributed by atoms with Crippen molar-refractivity contribution in [2.75, 3.05) is 11.1 Å². The number of benzene rings is 2. The summed E-state index contributed by atoms with van der Waals surface area (Å²) in [6.07, 6.45) is 1.75. The van der Waals surface area contributed by atoms with Crippen LogP contribution in [0.2, 0.25) is 10.0 Å². The maximum Gasteiger partial charge on any atom is 0.235 e. The number of anilines is 2. The second-order valence-electron chi connectivity index (χ2n) is 6.06. The van der Waals surface area contributed by atoms with Gasteiger partial charge in [-0.2, -0.15) is 0 Å². The fourth-order valence-electron chi connectivity index (χ4n) is 3.27. The molecule has 2 aliphatic rings. The Morgan fingerprint density at radius 1 is 1.22 bits per heavy atom. The third kappa shape index (κ3) is 2.09. The SMILES string of the molecule is Cc1c(Oc2c(Cl)cc(N)cc2Cl)ccc2c1C1(CC1)C(=O)N2. The number of hydrogen-bond donors (Lipinski definition) is 2. The van der Waals surface area contributed by atoms with Crippen LogP contribution in [-0.2, 0) is 10.2 Å². The van der Waals surface area contributed by atoms with Crippen LogP contribution >= 0.6 is 23.2 Å². The minimum Gasteiger partial charge on any atom is -0.454 e. The summed E-state index contributed by atoms with van der Waals surface area (Å²) in [5.41, 5.74) is 8.65. The van der Waals surface area contributed by atoms with Gasteiger partial charge in [0.15, 0.2) is 5.75 Å². The number of rotatable bonds is 2. The molecule has 2 aromatic rings. The van der Waals surface area contributed by atoms with Crippen LogP contribution in [-0.4, -0.2) is 5.91 Å². The number of hydrogen-bond acceptors (Lipinski definition) is 3. The highest BCUT2D eigenvalue weighted by Crippen LogP contribution is 2.57. The fourth-order valence-corrected chi connectivity index (χ4v) is 3.85. The number of amides is 1. The number of nitrogens with one attached hydrogen (secondary N) is 1. The van der Waals surface area contributed by atoms with E-state index in [2.05, 4.69) is 5.32 Å². The van der Waals surface area contributed by atoms with Gasteiger partial charge < -0.3 is 15.8 Å². The third-order valence-corrected chi connectivity index (χ3v) is 5.12. The summed E-state index contributed by atoms with van der Waals surface area (Å²) < 4.78 is 5.95. The van der Waals surface area contributed by atoms with Gasteiger partial charge in [-0.15, -0.1) is 0 Å². The van der Waals surface area contributed by atoms with Crippen LogP contribution in [0.3, 0.4) is 0 Å². The van der Waals surface area contributed by atoms with Gasteiger partial charge in [0.25, 0.3) is 0 Å². The molecule has 2 aromatic carbocycles. The van der Waals surface area contributed by atoms with E-state index in [0.717, 1.165) is 29.7 Å². The average molecular weight is 349 g/mol. The highest BCUT2D eigenvalue weighted by Gasteiger charge is 2.57. The predicted molar refractivity (Wildman–Crippen MR) is 91.7 cm³/mol. The number of halogens is 2. The van der Waals surface area contributed by atoms with Crippen molar-refractivity contribution in [1.82, 2.24) is 0 Å². The molecule has 0 radical (unpaired) electrons. The van der Waals surface area contributed by atoms with E-state index >= 15 is 0 Å². The minimum atomic E-state index is -0.368. The lowest BCUT2D eigenvalue weighted by Crippen LogP contribution is -2.19.